The monoisotopic (exact) mass is 256 g/mol. The molecule has 1 aliphatic rings. The maximum Gasteiger partial charge on any atom is 0.225 e. The van der Waals surface area contributed by atoms with Gasteiger partial charge in [0, 0.05) is 38.2 Å². The number of rotatable bonds is 5. The van der Waals surface area contributed by atoms with Crippen molar-refractivity contribution in [2.75, 3.05) is 20.2 Å². The first-order valence-electron chi connectivity index (χ1n) is 7.03. The fourth-order valence-corrected chi connectivity index (χ4v) is 2.34. The third kappa shape index (κ3) is 4.25. The Labute approximate surface area is 111 Å². The fraction of sp³-hybridized carbons (Fsp3) is 0.929. The molecule has 0 aromatic rings. The van der Waals surface area contributed by atoms with Crippen molar-refractivity contribution in [1.82, 2.24) is 10.2 Å². The van der Waals surface area contributed by atoms with Gasteiger partial charge in [0.15, 0.2) is 0 Å². The molecule has 106 valence electrons. The number of ether oxygens (including phenoxy) is 1. The highest BCUT2D eigenvalue weighted by Crippen LogP contribution is 2.14. The molecule has 2 unspecified atom stereocenters. The second-order valence-corrected chi connectivity index (χ2v) is 5.65. The number of methoxy groups -OCH3 is 1. The van der Waals surface area contributed by atoms with Gasteiger partial charge in [0.25, 0.3) is 0 Å². The predicted molar refractivity (Wildman–Crippen MR) is 73.5 cm³/mol. The number of nitrogens with one attached hydrogen (secondary N) is 1. The van der Waals surface area contributed by atoms with E-state index in [0.29, 0.717) is 12.1 Å². The van der Waals surface area contributed by atoms with Gasteiger partial charge in [-0.25, -0.2) is 0 Å². The van der Waals surface area contributed by atoms with Crippen LogP contribution in [-0.2, 0) is 9.53 Å². The van der Waals surface area contributed by atoms with Gasteiger partial charge in [-0.1, -0.05) is 13.8 Å². The van der Waals surface area contributed by atoms with Gasteiger partial charge in [-0.15, -0.1) is 0 Å². The van der Waals surface area contributed by atoms with Crippen molar-refractivity contribution in [3.05, 3.63) is 0 Å². The maximum absolute atomic E-state index is 11.9. The molecule has 0 spiro atoms. The van der Waals surface area contributed by atoms with Crippen molar-refractivity contribution >= 4 is 5.91 Å². The third-order valence-corrected chi connectivity index (χ3v) is 3.88. The highest BCUT2D eigenvalue weighted by molar-refractivity contribution is 5.78. The van der Waals surface area contributed by atoms with Gasteiger partial charge in [0.2, 0.25) is 5.91 Å². The van der Waals surface area contributed by atoms with Crippen LogP contribution >= 0.6 is 0 Å². The van der Waals surface area contributed by atoms with Crippen LogP contribution in [0.2, 0.25) is 0 Å². The summed E-state index contributed by atoms with van der Waals surface area (Å²) >= 11 is 0. The van der Waals surface area contributed by atoms with Crippen molar-refractivity contribution in [2.45, 2.75) is 58.7 Å². The molecule has 0 aromatic heterocycles. The number of carbonyl (C=O) groups is 1. The van der Waals surface area contributed by atoms with E-state index in [1.165, 1.54) is 0 Å². The Morgan fingerprint density at radius 1 is 1.22 bits per heavy atom. The Morgan fingerprint density at radius 3 is 2.22 bits per heavy atom. The molecule has 0 aliphatic carbocycles. The van der Waals surface area contributed by atoms with Crippen molar-refractivity contribution in [1.29, 1.82) is 0 Å². The van der Waals surface area contributed by atoms with Gasteiger partial charge in [0.05, 0.1) is 6.10 Å². The Hall–Kier alpha value is -0.610. The van der Waals surface area contributed by atoms with E-state index in [0.717, 1.165) is 25.9 Å². The average Bonchev–Trinajstić information content (AvgIpc) is 2.37. The largest absolute Gasteiger partial charge is 0.380 e. The molecule has 1 amide bonds. The van der Waals surface area contributed by atoms with Crippen LogP contribution in [0.4, 0.5) is 0 Å². The molecule has 4 nitrogen and oxygen atoms in total. The second kappa shape index (κ2) is 7.10. The van der Waals surface area contributed by atoms with E-state index in [-0.39, 0.29) is 17.9 Å². The van der Waals surface area contributed by atoms with Crippen molar-refractivity contribution in [3.8, 4) is 0 Å². The van der Waals surface area contributed by atoms with Crippen LogP contribution in [0.5, 0.6) is 0 Å². The Bertz CT molecular complexity index is 261. The number of carbonyl (C=O) groups excluding carboxylic acids is 1. The zero-order valence-electron chi connectivity index (χ0n) is 12.4. The number of likely N-dealkylation sites (tertiary alicyclic amines) is 1. The molecule has 18 heavy (non-hydrogen) atoms. The summed E-state index contributed by atoms with van der Waals surface area (Å²) in [7, 11) is 1.74. The standard InChI is InChI=1S/C14H28N2O2/c1-10(2)14(17)16-8-6-13(7-9-16)15-11(3)12(4)18-5/h10-13,15H,6-9H2,1-5H3. The highest BCUT2D eigenvalue weighted by atomic mass is 16.5. The van der Waals surface area contributed by atoms with Crippen LogP contribution in [0.1, 0.15) is 40.5 Å². The molecule has 4 heteroatoms. The van der Waals surface area contributed by atoms with Crippen molar-refractivity contribution < 1.29 is 9.53 Å². The van der Waals surface area contributed by atoms with E-state index < -0.39 is 0 Å². The minimum absolute atomic E-state index is 0.113. The van der Waals surface area contributed by atoms with Crippen molar-refractivity contribution in [2.24, 2.45) is 5.92 Å². The normalized spacial score (nSPS) is 21.1. The lowest BCUT2D eigenvalue weighted by atomic mass is 10.0. The summed E-state index contributed by atoms with van der Waals surface area (Å²) in [6.07, 6.45) is 2.30. The Kier molecular flexibility index (Phi) is 6.09. The quantitative estimate of drug-likeness (QED) is 0.813. The molecule has 1 fully saturated rings. The van der Waals surface area contributed by atoms with Crippen LogP contribution in [0.3, 0.4) is 0 Å². The number of amides is 1. The van der Waals surface area contributed by atoms with Gasteiger partial charge in [-0.2, -0.15) is 0 Å². The van der Waals surface area contributed by atoms with Gasteiger partial charge >= 0.3 is 0 Å². The molecule has 1 saturated heterocycles. The van der Waals surface area contributed by atoms with Crippen molar-refractivity contribution in [3.63, 3.8) is 0 Å². The van der Waals surface area contributed by atoms with Gasteiger partial charge in [-0.05, 0) is 26.7 Å². The van der Waals surface area contributed by atoms with Gasteiger partial charge in [-0.3, -0.25) is 4.79 Å². The topological polar surface area (TPSA) is 41.6 Å². The summed E-state index contributed by atoms with van der Waals surface area (Å²) in [5.74, 6) is 0.397. The summed E-state index contributed by atoms with van der Waals surface area (Å²) in [5, 5.41) is 3.60. The van der Waals surface area contributed by atoms with E-state index in [1.807, 2.05) is 18.7 Å². The molecular formula is C14H28N2O2. The Balaban J connectivity index is 2.33. The highest BCUT2D eigenvalue weighted by Gasteiger charge is 2.25. The summed E-state index contributed by atoms with van der Waals surface area (Å²) in [4.78, 5) is 13.9. The van der Waals surface area contributed by atoms with Crippen LogP contribution in [0.25, 0.3) is 0 Å². The Morgan fingerprint density at radius 2 is 1.78 bits per heavy atom. The maximum atomic E-state index is 11.9. The van der Waals surface area contributed by atoms with Crippen LogP contribution in [-0.4, -0.2) is 49.2 Å². The molecule has 0 radical (unpaired) electrons. The van der Waals surface area contributed by atoms with Crippen LogP contribution < -0.4 is 5.32 Å². The average molecular weight is 256 g/mol. The summed E-state index contributed by atoms with van der Waals surface area (Å²) in [6.45, 7) is 9.92. The van der Waals surface area contributed by atoms with Gasteiger partial charge < -0.3 is 15.0 Å². The molecule has 0 saturated carbocycles. The van der Waals surface area contributed by atoms with E-state index in [1.54, 1.807) is 7.11 Å². The number of nitrogens with zero attached hydrogens (tertiary/aromatic N) is 1. The lowest BCUT2D eigenvalue weighted by Gasteiger charge is -2.35. The minimum atomic E-state index is 0.113. The summed E-state index contributed by atoms with van der Waals surface area (Å²) in [6, 6.07) is 0.862. The molecular weight excluding hydrogens is 228 g/mol. The third-order valence-electron chi connectivity index (χ3n) is 3.88. The van der Waals surface area contributed by atoms with Crippen LogP contribution in [0, 0.1) is 5.92 Å². The lowest BCUT2D eigenvalue weighted by Crippen LogP contribution is -2.50. The summed E-state index contributed by atoms with van der Waals surface area (Å²) < 4.78 is 5.32. The number of piperidine rings is 1. The molecule has 1 aliphatic heterocycles. The molecule has 0 aromatic carbocycles. The van der Waals surface area contributed by atoms with E-state index in [9.17, 15) is 4.79 Å². The minimum Gasteiger partial charge on any atom is -0.380 e. The molecule has 0 bridgehead atoms. The van der Waals surface area contributed by atoms with E-state index in [2.05, 4.69) is 19.2 Å². The zero-order valence-corrected chi connectivity index (χ0v) is 12.4. The molecule has 1 heterocycles. The fourth-order valence-electron chi connectivity index (χ4n) is 2.34. The molecule has 1 rings (SSSR count). The smallest absolute Gasteiger partial charge is 0.225 e. The first kappa shape index (κ1) is 15.4. The van der Waals surface area contributed by atoms with E-state index in [4.69, 9.17) is 4.74 Å². The first-order chi connectivity index (χ1) is 8.45. The SMILES string of the molecule is COC(C)C(C)NC1CCN(C(=O)C(C)C)CC1. The number of hydrogen-bond donors (Lipinski definition) is 1. The van der Waals surface area contributed by atoms with E-state index >= 15 is 0 Å². The van der Waals surface area contributed by atoms with Crippen LogP contribution in [0.15, 0.2) is 0 Å². The zero-order chi connectivity index (χ0) is 13.7. The molecule has 1 N–H and O–H groups in total. The summed E-state index contributed by atoms with van der Waals surface area (Å²) in [5.41, 5.74) is 0. The molecule has 2 atom stereocenters. The second-order valence-electron chi connectivity index (χ2n) is 5.65. The van der Waals surface area contributed by atoms with Gasteiger partial charge in [0.1, 0.15) is 0 Å². The lowest BCUT2D eigenvalue weighted by molar-refractivity contribution is -0.135. The number of hydrogen-bond acceptors (Lipinski definition) is 3. The predicted octanol–water partition coefficient (Wildman–Crippen LogP) is 1.65. The first-order valence-corrected chi connectivity index (χ1v) is 7.03.